The van der Waals surface area contributed by atoms with Crippen molar-refractivity contribution in [2.24, 2.45) is 17.6 Å². The van der Waals surface area contributed by atoms with E-state index in [0.29, 0.717) is 36.1 Å². The molecule has 3 aromatic heterocycles. The molecule has 0 bridgehead atoms. The number of benzene rings is 1. The molecular formula is C29H32F2N6O. The standard InChI is InChI=1S/C29H32F2N6O/c1-16-10-18(11-24(32)17(16)2)21-6-9-33-15-26(21)35-28-34-14-20-4-5-25(36-37(20)28)27-22(30)12-19(13-23(27)31)29(38)7-3-8-29/h4-6,9,12-18,24,38H,3,7-8,10-11,32H2,1-2H3,(H,34,35)/t16-,17-,18+,24+/m0/s1. The number of fused-ring (bicyclic) bond motifs is 1. The summed E-state index contributed by atoms with van der Waals surface area (Å²) in [6, 6.07) is 7.87. The molecule has 38 heavy (non-hydrogen) atoms. The highest BCUT2D eigenvalue weighted by molar-refractivity contribution is 5.66. The van der Waals surface area contributed by atoms with Crippen molar-refractivity contribution in [3.8, 4) is 11.3 Å². The monoisotopic (exact) mass is 518 g/mol. The molecular weight excluding hydrogens is 486 g/mol. The van der Waals surface area contributed by atoms with Crippen LogP contribution in [0.2, 0.25) is 0 Å². The summed E-state index contributed by atoms with van der Waals surface area (Å²) >= 11 is 0. The molecule has 2 aliphatic rings. The smallest absolute Gasteiger partial charge is 0.229 e. The van der Waals surface area contributed by atoms with E-state index >= 15 is 8.78 Å². The topological polar surface area (TPSA) is 101 Å². The van der Waals surface area contributed by atoms with Crippen LogP contribution in [-0.4, -0.2) is 30.7 Å². The van der Waals surface area contributed by atoms with E-state index in [-0.39, 0.29) is 28.8 Å². The van der Waals surface area contributed by atoms with Gasteiger partial charge in [-0.2, -0.15) is 9.61 Å². The maximum Gasteiger partial charge on any atom is 0.229 e. The molecule has 198 valence electrons. The van der Waals surface area contributed by atoms with Gasteiger partial charge in [0.25, 0.3) is 0 Å². The Hall–Kier alpha value is -3.43. The predicted molar refractivity (Wildman–Crippen MR) is 142 cm³/mol. The van der Waals surface area contributed by atoms with Gasteiger partial charge in [-0.3, -0.25) is 4.98 Å². The Kier molecular flexibility index (Phi) is 6.15. The van der Waals surface area contributed by atoms with E-state index in [0.717, 1.165) is 30.5 Å². The Morgan fingerprint density at radius 2 is 1.84 bits per heavy atom. The molecule has 2 aliphatic carbocycles. The van der Waals surface area contributed by atoms with Gasteiger partial charge in [0, 0.05) is 12.2 Å². The van der Waals surface area contributed by atoms with E-state index in [9.17, 15) is 5.11 Å². The molecule has 0 spiro atoms. The largest absolute Gasteiger partial charge is 0.385 e. The molecule has 0 saturated heterocycles. The molecule has 0 radical (unpaired) electrons. The van der Waals surface area contributed by atoms with Crippen LogP contribution in [0.3, 0.4) is 0 Å². The normalized spacial score (nSPS) is 24.8. The van der Waals surface area contributed by atoms with Crippen molar-refractivity contribution in [2.45, 2.75) is 63.5 Å². The molecule has 0 unspecified atom stereocenters. The molecule has 7 nitrogen and oxygen atoms in total. The Balaban J connectivity index is 1.34. The molecule has 6 rings (SSSR count). The van der Waals surface area contributed by atoms with Crippen LogP contribution in [0.15, 0.2) is 48.9 Å². The van der Waals surface area contributed by atoms with Crippen LogP contribution in [0.1, 0.15) is 63.0 Å². The van der Waals surface area contributed by atoms with Crippen LogP contribution in [0, 0.1) is 23.5 Å². The van der Waals surface area contributed by atoms with Gasteiger partial charge in [0.15, 0.2) is 0 Å². The van der Waals surface area contributed by atoms with Gasteiger partial charge in [-0.15, -0.1) is 0 Å². The number of imidazole rings is 1. The zero-order valence-corrected chi connectivity index (χ0v) is 21.5. The molecule has 2 fully saturated rings. The van der Waals surface area contributed by atoms with Gasteiger partial charge < -0.3 is 16.2 Å². The van der Waals surface area contributed by atoms with E-state index < -0.39 is 17.2 Å². The van der Waals surface area contributed by atoms with E-state index in [1.807, 2.05) is 6.07 Å². The molecule has 3 heterocycles. The van der Waals surface area contributed by atoms with Crippen molar-refractivity contribution >= 4 is 17.2 Å². The Labute approximate surface area is 220 Å². The first-order valence-corrected chi connectivity index (χ1v) is 13.3. The van der Waals surface area contributed by atoms with E-state index in [1.165, 1.54) is 16.6 Å². The molecule has 1 aromatic carbocycles. The third kappa shape index (κ3) is 4.23. The summed E-state index contributed by atoms with van der Waals surface area (Å²) in [6.07, 6.45) is 8.95. The van der Waals surface area contributed by atoms with Crippen LogP contribution in [0.25, 0.3) is 16.8 Å². The first-order chi connectivity index (χ1) is 18.2. The SMILES string of the molecule is C[C@@H]1[C@H](N)C[C@H](c2ccncc2Nc2ncc3ccc(-c4c(F)cc(C5(O)CCC5)cc4F)nn23)C[C@@H]1C. The number of rotatable bonds is 5. The summed E-state index contributed by atoms with van der Waals surface area (Å²) < 4.78 is 31.9. The third-order valence-corrected chi connectivity index (χ3v) is 8.73. The maximum absolute atomic E-state index is 15.2. The second kappa shape index (κ2) is 9.39. The number of hydrogen-bond donors (Lipinski definition) is 3. The average Bonchev–Trinajstić information content (AvgIpc) is 3.27. The number of aliphatic hydroxyl groups is 1. The average molecular weight is 519 g/mol. The van der Waals surface area contributed by atoms with Gasteiger partial charge in [-0.25, -0.2) is 13.8 Å². The van der Waals surface area contributed by atoms with Crippen molar-refractivity contribution < 1.29 is 13.9 Å². The summed E-state index contributed by atoms with van der Waals surface area (Å²) in [7, 11) is 0. The number of anilines is 2. The lowest BCUT2D eigenvalue weighted by Crippen LogP contribution is -2.39. The highest BCUT2D eigenvalue weighted by Gasteiger charge is 2.37. The molecule has 0 aliphatic heterocycles. The molecule has 0 amide bonds. The minimum Gasteiger partial charge on any atom is -0.385 e. The highest BCUT2D eigenvalue weighted by atomic mass is 19.1. The van der Waals surface area contributed by atoms with Crippen molar-refractivity contribution in [1.29, 1.82) is 0 Å². The van der Waals surface area contributed by atoms with Crippen LogP contribution in [0.4, 0.5) is 20.4 Å². The van der Waals surface area contributed by atoms with Crippen molar-refractivity contribution in [3.63, 3.8) is 0 Å². The Morgan fingerprint density at radius 1 is 1.08 bits per heavy atom. The maximum atomic E-state index is 15.2. The van der Waals surface area contributed by atoms with Gasteiger partial charge in [-0.1, -0.05) is 13.8 Å². The van der Waals surface area contributed by atoms with Crippen LogP contribution in [-0.2, 0) is 5.60 Å². The Bertz CT molecular complexity index is 1460. The first-order valence-electron chi connectivity index (χ1n) is 13.3. The summed E-state index contributed by atoms with van der Waals surface area (Å²) in [5, 5.41) is 18.4. The number of halogens is 2. The van der Waals surface area contributed by atoms with E-state index in [1.54, 1.807) is 30.7 Å². The molecule has 4 atom stereocenters. The first kappa shape index (κ1) is 24.9. The van der Waals surface area contributed by atoms with Gasteiger partial charge >= 0.3 is 0 Å². The quantitative estimate of drug-likeness (QED) is 0.315. The lowest BCUT2D eigenvalue weighted by Gasteiger charge is -2.37. The van der Waals surface area contributed by atoms with E-state index in [2.05, 4.69) is 34.2 Å². The van der Waals surface area contributed by atoms with Crippen LogP contribution in [0.5, 0.6) is 0 Å². The molecule has 4 N–H and O–H groups in total. The van der Waals surface area contributed by atoms with Gasteiger partial charge in [0.2, 0.25) is 5.95 Å². The fourth-order valence-electron chi connectivity index (χ4n) is 5.95. The predicted octanol–water partition coefficient (Wildman–Crippen LogP) is 5.66. The van der Waals surface area contributed by atoms with Gasteiger partial charge in [-0.05, 0) is 91.3 Å². The number of nitrogens with zero attached hydrogens (tertiary/aromatic N) is 4. The zero-order chi connectivity index (χ0) is 26.6. The summed E-state index contributed by atoms with van der Waals surface area (Å²) in [5.41, 5.74) is 8.06. The lowest BCUT2D eigenvalue weighted by atomic mass is 9.71. The second-order valence-electron chi connectivity index (χ2n) is 11.1. The molecule has 2 saturated carbocycles. The number of aromatic nitrogens is 4. The second-order valence-corrected chi connectivity index (χ2v) is 11.1. The zero-order valence-electron chi connectivity index (χ0n) is 21.5. The molecule has 4 aromatic rings. The summed E-state index contributed by atoms with van der Waals surface area (Å²) in [4.78, 5) is 8.79. The number of nitrogens with two attached hydrogens (primary N) is 1. The number of nitrogens with one attached hydrogen (secondary N) is 1. The minimum absolute atomic E-state index is 0.127. The molecule has 9 heteroatoms. The van der Waals surface area contributed by atoms with Crippen molar-refractivity contribution in [1.82, 2.24) is 19.6 Å². The highest BCUT2D eigenvalue weighted by Crippen LogP contribution is 2.43. The fraction of sp³-hybridized carbons (Fsp3) is 0.414. The summed E-state index contributed by atoms with van der Waals surface area (Å²) in [6.45, 7) is 4.46. The van der Waals surface area contributed by atoms with E-state index in [4.69, 9.17) is 5.73 Å². The van der Waals surface area contributed by atoms with Crippen LogP contribution < -0.4 is 11.1 Å². The number of hydrogen-bond acceptors (Lipinski definition) is 6. The fourth-order valence-corrected chi connectivity index (χ4v) is 5.95. The van der Waals surface area contributed by atoms with Crippen LogP contribution >= 0.6 is 0 Å². The van der Waals surface area contributed by atoms with Crippen molar-refractivity contribution in [2.75, 3.05) is 5.32 Å². The minimum atomic E-state index is -1.15. The van der Waals surface area contributed by atoms with Gasteiger partial charge in [0.05, 0.1) is 40.5 Å². The summed E-state index contributed by atoms with van der Waals surface area (Å²) in [5.74, 6) is 0.154. The third-order valence-electron chi connectivity index (χ3n) is 8.73. The lowest BCUT2D eigenvalue weighted by molar-refractivity contribution is -0.0392. The Morgan fingerprint density at radius 3 is 2.53 bits per heavy atom. The van der Waals surface area contributed by atoms with Gasteiger partial charge in [0.1, 0.15) is 11.6 Å². The number of pyridine rings is 1. The van der Waals surface area contributed by atoms with Crippen molar-refractivity contribution in [3.05, 3.63) is 71.7 Å².